The van der Waals surface area contributed by atoms with E-state index in [0.29, 0.717) is 26.4 Å². The highest BCUT2D eigenvalue weighted by atomic mass is 35.5. The molecule has 0 spiro atoms. The van der Waals surface area contributed by atoms with Gasteiger partial charge in [0, 0.05) is 0 Å². The summed E-state index contributed by atoms with van der Waals surface area (Å²) in [4.78, 5) is 21.4. The fourth-order valence-electron chi connectivity index (χ4n) is 2.73. The van der Waals surface area contributed by atoms with Gasteiger partial charge in [-0.2, -0.15) is 5.10 Å². The summed E-state index contributed by atoms with van der Waals surface area (Å²) >= 11 is 13.5. The molecule has 6 nitrogen and oxygen atoms in total. The van der Waals surface area contributed by atoms with Crippen LogP contribution in [-0.2, 0) is 4.79 Å². The number of thioether (sulfide) groups is 1. The van der Waals surface area contributed by atoms with Crippen molar-refractivity contribution in [2.45, 2.75) is 17.2 Å². The SMILES string of the molecule is C[C@@H](Sc1ncnc2c1cnn2-c1ccccc1)C(=O)Nc1cccc(Cl)c1Cl. The van der Waals surface area contributed by atoms with Crippen molar-refractivity contribution in [3.05, 3.63) is 71.1 Å². The standard InChI is InChI=1S/C20H15Cl2N5OS/c1-12(19(28)26-16-9-5-8-15(21)17(16)22)29-20-14-10-25-27(18(14)23-11-24-20)13-6-3-2-4-7-13/h2-12H,1H3,(H,26,28)/t12-/m1/s1. The predicted octanol–water partition coefficient (Wildman–Crippen LogP) is 5.24. The number of rotatable bonds is 5. The molecule has 1 amide bonds. The van der Waals surface area contributed by atoms with Crippen LogP contribution in [0.5, 0.6) is 0 Å². The van der Waals surface area contributed by atoms with Crippen LogP contribution < -0.4 is 5.32 Å². The summed E-state index contributed by atoms with van der Waals surface area (Å²) in [5.41, 5.74) is 2.05. The van der Waals surface area contributed by atoms with Crippen LogP contribution in [0.15, 0.2) is 66.1 Å². The van der Waals surface area contributed by atoms with Gasteiger partial charge in [0.15, 0.2) is 5.65 Å². The first-order valence-corrected chi connectivity index (χ1v) is 10.3. The van der Waals surface area contributed by atoms with Crippen molar-refractivity contribution in [1.82, 2.24) is 19.7 Å². The third kappa shape index (κ3) is 4.07. The molecular formula is C20H15Cl2N5OS. The Balaban J connectivity index is 1.57. The van der Waals surface area contributed by atoms with E-state index in [1.807, 2.05) is 30.3 Å². The van der Waals surface area contributed by atoms with Crippen molar-refractivity contribution in [3.63, 3.8) is 0 Å². The van der Waals surface area contributed by atoms with Gasteiger partial charge in [-0.15, -0.1) is 0 Å². The monoisotopic (exact) mass is 443 g/mol. The van der Waals surface area contributed by atoms with Crippen LogP contribution in [0.4, 0.5) is 5.69 Å². The minimum absolute atomic E-state index is 0.207. The zero-order valence-corrected chi connectivity index (χ0v) is 17.5. The Labute approximate surface area is 181 Å². The number of aromatic nitrogens is 4. The Morgan fingerprint density at radius 1 is 1.10 bits per heavy atom. The van der Waals surface area contributed by atoms with Gasteiger partial charge in [-0.3, -0.25) is 4.79 Å². The van der Waals surface area contributed by atoms with Crippen LogP contribution in [0.3, 0.4) is 0 Å². The molecule has 2 aromatic carbocycles. The fraction of sp³-hybridized carbons (Fsp3) is 0.100. The third-order valence-electron chi connectivity index (χ3n) is 4.20. The Morgan fingerprint density at radius 2 is 1.90 bits per heavy atom. The lowest BCUT2D eigenvalue weighted by molar-refractivity contribution is -0.115. The van der Waals surface area contributed by atoms with Crippen LogP contribution in [0.2, 0.25) is 10.0 Å². The molecule has 0 aliphatic rings. The number of anilines is 1. The topological polar surface area (TPSA) is 72.7 Å². The molecule has 0 saturated heterocycles. The molecule has 29 heavy (non-hydrogen) atoms. The van der Waals surface area contributed by atoms with Crippen molar-refractivity contribution in [2.24, 2.45) is 0 Å². The number of para-hydroxylation sites is 1. The van der Waals surface area contributed by atoms with Gasteiger partial charge < -0.3 is 5.32 Å². The molecule has 0 aliphatic heterocycles. The molecule has 1 N–H and O–H groups in total. The van der Waals surface area contributed by atoms with E-state index in [2.05, 4.69) is 20.4 Å². The molecule has 9 heteroatoms. The van der Waals surface area contributed by atoms with E-state index in [0.717, 1.165) is 11.1 Å². The first-order chi connectivity index (χ1) is 14.0. The van der Waals surface area contributed by atoms with E-state index >= 15 is 0 Å². The van der Waals surface area contributed by atoms with Gasteiger partial charge >= 0.3 is 0 Å². The zero-order chi connectivity index (χ0) is 20.4. The molecule has 146 valence electrons. The maximum atomic E-state index is 12.6. The van der Waals surface area contributed by atoms with Gasteiger partial charge in [-0.25, -0.2) is 14.6 Å². The van der Waals surface area contributed by atoms with Crippen LogP contribution >= 0.6 is 35.0 Å². The number of carbonyl (C=O) groups is 1. The van der Waals surface area contributed by atoms with Crippen LogP contribution in [0.25, 0.3) is 16.7 Å². The summed E-state index contributed by atoms with van der Waals surface area (Å²) < 4.78 is 1.75. The van der Waals surface area contributed by atoms with Crippen LogP contribution in [0.1, 0.15) is 6.92 Å². The molecule has 1 atom stereocenters. The molecule has 0 fully saturated rings. The number of hydrogen-bond donors (Lipinski definition) is 1. The third-order valence-corrected chi connectivity index (χ3v) is 6.13. The summed E-state index contributed by atoms with van der Waals surface area (Å²) in [7, 11) is 0. The minimum Gasteiger partial charge on any atom is -0.324 e. The molecule has 2 aromatic heterocycles. The Bertz CT molecular complexity index is 1180. The number of halogens is 2. The summed E-state index contributed by atoms with van der Waals surface area (Å²) in [5, 5.41) is 8.97. The first kappa shape index (κ1) is 19.7. The number of hydrogen-bond acceptors (Lipinski definition) is 5. The zero-order valence-electron chi connectivity index (χ0n) is 15.2. The number of amides is 1. The van der Waals surface area contributed by atoms with Crippen molar-refractivity contribution in [3.8, 4) is 5.69 Å². The molecule has 4 rings (SSSR count). The molecule has 0 radical (unpaired) electrons. The van der Waals surface area contributed by atoms with Gasteiger partial charge in [-0.1, -0.05) is 59.2 Å². The summed E-state index contributed by atoms with van der Waals surface area (Å²) in [6, 6.07) is 14.8. The highest BCUT2D eigenvalue weighted by Crippen LogP contribution is 2.32. The van der Waals surface area contributed by atoms with Crippen molar-refractivity contribution in [2.75, 3.05) is 5.32 Å². The molecule has 4 aromatic rings. The molecule has 0 bridgehead atoms. The lowest BCUT2D eigenvalue weighted by atomic mass is 10.3. The predicted molar refractivity (Wildman–Crippen MR) is 117 cm³/mol. The smallest absolute Gasteiger partial charge is 0.237 e. The Morgan fingerprint density at radius 3 is 2.69 bits per heavy atom. The molecular weight excluding hydrogens is 429 g/mol. The van der Waals surface area contributed by atoms with E-state index < -0.39 is 5.25 Å². The Kier molecular flexibility index (Phi) is 5.71. The van der Waals surface area contributed by atoms with E-state index in [1.54, 1.807) is 36.0 Å². The highest BCUT2D eigenvalue weighted by molar-refractivity contribution is 8.00. The maximum absolute atomic E-state index is 12.6. The molecule has 2 heterocycles. The van der Waals surface area contributed by atoms with Crippen LogP contribution in [-0.4, -0.2) is 30.9 Å². The van der Waals surface area contributed by atoms with Crippen molar-refractivity contribution >= 4 is 57.6 Å². The number of carbonyl (C=O) groups excluding carboxylic acids is 1. The van der Waals surface area contributed by atoms with Crippen molar-refractivity contribution in [1.29, 1.82) is 0 Å². The average molecular weight is 444 g/mol. The molecule has 0 saturated carbocycles. The largest absolute Gasteiger partial charge is 0.324 e. The average Bonchev–Trinajstić information content (AvgIpc) is 3.17. The maximum Gasteiger partial charge on any atom is 0.237 e. The van der Waals surface area contributed by atoms with Gasteiger partial charge in [-0.05, 0) is 31.2 Å². The van der Waals surface area contributed by atoms with Gasteiger partial charge in [0.1, 0.15) is 11.4 Å². The van der Waals surface area contributed by atoms with Crippen LogP contribution in [0, 0.1) is 0 Å². The van der Waals surface area contributed by atoms with Crippen molar-refractivity contribution < 1.29 is 4.79 Å². The molecule has 0 unspecified atom stereocenters. The summed E-state index contributed by atoms with van der Waals surface area (Å²) in [6.45, 7) is 1.80. The second-order valence-corrected chi connectivity index (χ2v) is 8.27. The summed E-state index contributed by atoms with van der Waals surface area (Å²) in [6.07, 6.45) is 3.19. The molecule has 0 aliphatic carbocycles. The van der Waals surface area contributed by atoms with E-state index in [1.165, 1.54) is 18.1 Å². The number of fused-ring (bicyclic) bond motifs is 1. The number of nitrogens with zero attached hydrogens (tertiary/aromatic N) is 4. The lowest BCUT2D eigenvalue weighted by Crippen LogP contribution is -2.22. The lowest BCUT2D eigenvalue weighted by Gasteiger charge is -2.13. The highest BCUT2D eigenvalue weighted by Gasteiger charge is 2.20. The number of benzene rings is 2. The second kappa shape index (κ2) is 8.41. The van der Waals surface area contributed by atoms with E-state index in [4.69, 9.17) is 23.2 Å². The number of nitrogens with one attached hydrogen (secondary N) is 1. The first-order valence-electron chi connectivity index (χ1n) is 8.70. The van der Waals surface area contributed by atoms with E-state index in [9.17, 15) is 4.79 Å². The van der Waals surface area contributed by atoms with Gasteiger partial charge in [0.25, 0.3) is 0 Å². The van der Waals surface area contributed by atoms with Gasteiger partial charge in [0.05, 0.1) is 38.3 Å². The minimum atomic E-state index is -0.428. The van der Waals surface area contributed by atoms with E-state index in [-0.39, 0.29) is 5.91 Å². The fourth-order valence-corrected chi connectivity index (χ4v) is 3.96. The van der Waals surface area contributed by atoms with Gasteiger partial charge in [0.2, 0.25) is 5.91 Å². The normalized spacial score (nSPS) is 12.1. The Hall–Kier alpha value is -2.61. The second-order valence-electron chi connectivity index (χ2n) is 6.16. The quantitative estimate of drug-likeness (QED) is 0.337. The summed E-state index contributed by atoms with van der Waals surface area (Å²) in [5.74, 6) is -0.207.